The Hall–Kier alpha value is 1.35. The first kappa shape index (κ1) is 16.2. The summed E-state index contributed by atoms with van der Waals surface area (Å²) in [7, 11) is 0. The summed E-state index contributed by atoms with van der Waals surface area (Å²) in [6.07, 6.45) is 0. The van der Waals surface area contributed by atoms with Crippen LogP contribution in [0.25, 0.3) is 0 Å². The standard InChI is InChI=1S/2FH.2Mg.H2O.2H/h2*1H;;;1H2;;/q;;;+2;;;/p-2. The third-order valence-electron chi connectivity index (χ3n) is 0. The van der Waals surface area contributed by atoms with Crippen LogP contribution in [0.3, 0.4) is 0 Å². The molecule has 0 radical (unpaired) electrons. The van der Waals surface area contributed by atoms with E-state index >= 15 is 0 Å². The van der Waals surface area contributed by atoms with Gasteiger partial charge in [-0.3, -0.25) is 0 Å². The summed E-state index contributed by atoms with van der Waals surface area (Å²) in [4.78, 5) is 0. The number of hydrogen-bond acceptors (Lipinski definition) is 0. The topological polar surface area (TPSA) is 31.5 Å². The Labute approximate surface area is 55.8 Å². The van der Waals surface area contributed by atoms with E-state index in [1.54, 1.807) is 0 Å². The van der Waals surface area contributed by atoms with Crippen LogP contribution < -0.4 is 0 Å². The first-order chi connectivity index (χ1) is 1.41. The molecule has 0 aliphatic heterocycles. The summed E-state index contributed by atoms with van der Waals surface area (Å²) in [5.41, 5.74) is 0. The lowest BCUT2D eigenvalue weighted by atomic mass is 16.0. The molecule has 0 heterocycles. The van der Waals surface area contributed by atoms with Crippen LogP contribution in [-0.4, -0.2) is 50.0 Å². The fourth-order valence-electron chi connectivity index (χ4n) is 0. The highest BCUT2D eigenvalue weighted by Crippen LogP contribution is 1.49. The minimum absolute atomic E-state index is 0. The van der Waals surface area contributed by atoms with Crippen molar-refractivity contribution < 1.29 is 11.4 Å². The van der Waals surface area contributed by atoms with Crippen molar-refractivity contribution in [3.8, 4) is 0 Å². The van der Waals surface area contributed by atoms with E-state index in [2.05, 4.69) is 0 Å². The lowest BCUT2D eigenvalue weighted by molar-refractivity contribution is 0.712. The van der Waals surface area contributed by atoms with E-state index in [1.165, 1.54) is 0 Å². The Bertz CT molecular complexity index is 7.61. The Kier molecular flexibility index (Phi) is 59.3. The van der Waals surface area contributed by atoms with Gasteiger partial charge in [0.05, 0.1) is 0 Å². The van der Waals surface area contributed by atoms with Crippen LogP contribution >= 0.6 is 0 Å². The molecule has 1 nitrogen and oxygen atoms in total. The summed E-state index contributed by atoms with van der Waals surface area (Å²) in [5.74, 6) is 0. The van der Waals surface area contributed by atoms with E-state index in [0.717, 1.165) is 0 Å². The average Bonchev–Trinajstić information content (AvgIpc) is 0.918. The van der Waals surface area contributed by atoms with Crippen molar-refractivity contribution in [3.63, 3.8) is 0 Å². The van der Waals surface area contributed by atoms with E-state index in [9.17, 15) is 5.91 Å². The van der Waals surface area contributed by atoms with Crippen molar-refractivity contribution in [2.24, 2.45) is 0 Å². The molecule has 0 unspecified atom stereocenters. The predicted octanol–water partition coefficient (Wildman–Crippen LogP) is -1.28. The first-order valence-corrected chi connectivity index (χ1v) is 1.60. The van der Waals surface area contributed by atoms with Gasteiger partial charge in [-0.2, -0.15) is 0 Å². The zero-order valence-electron chi connectivity index (χ0n) is 1.96. The molecule has 0 aromatic heterocycles. The summed E-state index contributed by atoms with van der Waals surface area (Å²) >= 11 is -2.58. The molecule has 0 amide bonds. The van der Waals surface area contributed by atoms with Gasteiger partial charge in [-0.1, -0.05) is 0 Å². The molecule has 0 aromatic carbocycles. The highest BCUT2D eigenvalue weighted by atomic mass is 24.7. The van der Waals surface area contributed by atoms with Crippen molar-refractivity contribution in [1.29, 1.82) is 0 Å². The molecule has 0 saturated carbocycles. The molecule has 0 aliphatic carbocycles. The van der Waals surface area contributed by atoms with E-state index in [-0.39, 0.29) is 28.5 Å². The molecule has 5 heteroatoms. The Balaban J connectivity index is -0.0000000200. The van der Waals surface area contributed by atoms with Gasteiger partial charge in [0.15, 0.2) is 0 Å². The third kappa shape index (κ3) is 32.9. The monoisotopic (exact) mass is 106 g/mol. The summed E-state index contributed by atoms with van der Waals surface area (Å²) in [6.45, 7) is 0. The number of halogens is 2. The lowest BCUT2D eigenvalue weighted by Crippen LogP contribution is -1.45. The smallest absolute Gasteiger partial charge is 0.440 e. The molecular weight excluding hydrogens is 103 g/mol. The maximum absolute atomic E-state index is 9.76. The maximum atomic E-state index is 9.76. The van der Waals surface area contributed by atoms with Gasteiger partial charge in [-0.15, -0.1) is 0 Å². The molecule has 0 saturated heterocycles. The molecule has 0 spiro atoms. The molecule has 28 valence electrons. The Morgan fingerprint density at radius 1 is 1.20 bits per heavy atom. The van der Waals surface area contributed by atoms with E-state index in [1.807, 2.05) is 0 Å². The van der Waals surface area contributed by atoms with Crippen LogP contribution in [-0.2, 0) is 0 Å². The molecule has 2 N–H and O–H groups in total. The fraction of sp³-hybridized carbons (Fsp3) is 0. The second-order valence-corrected chi connectivity index (χ2v) is 0.303. The molecule has 0 bridgehead atoms. The largest absolute Gasteiger partial charge is 0.879 e. The van der Waals surface area contributed by atoms with E-state index < -0.39 is 21.5 Å². The van der Waals surface area contributed by atoms with Gasteiger partial charge in [0.1, 0.15) is 0 Å². The fourth-order valence-corrected chi connectivity index (χ4v) is 0. The number of hydrogen-bond donors (Lipinski definition) is 0. The van der Waals surface area contributed by atoms with Crippen molar-refractivity contribution in [1.82, 2.24) is 0 Å². The van der Waals surface area contributed by atoms with Gasteiger partial charge in [-0.05, 0) is 0 Å². The van der Waals surface area contributed by atoms with Crippen LogP contribution in [0.5, 0.6) is 0 Å². The van der Waals surface area contributed by atoms with E-state index in [4.69, 9.17) is 0 Å². The molecule has 5 heavy (non-hydrogen) atoms. The number of rotatable bonds is 0. The SMILES string of the molecule is O.[F][Mg][F].[MgH2]. The minimum atomic E-state index is -2.58. The van der Waals surface area contributed by atoms with Gasteiger partial charge in [-0.25, -0.2) is 0 Å². The van der Waals surface area contributed by atoms with Gasteiger partial charge >= 0.3 is 44.5 Å². The quantitative estimate of drug-likeness (QED) is 0.345. The van der Waals surface area contributed by atoms with Gasteiger partial charge in [0, 0.05) is 0 Å². The Morgan fingerprint density at radius 2 is 1.20 bits per heavy atom. The van der Waals surface area contributed by atoms with Crippen LogP contribution in [0.15, 0.2) is 0 Å². The molecule has 0 aliphatic rings. The zero-order valence-corrected chi connectivity index (χ0v) is 3.38. The van der Waals surface area contributed by atoms with Crippen molar-refractivity contribution in [2.45, 2.75) is 0 Å². The normalized spacial score (nSPS) is 2.00. The van der Waals surface area contributed by atoms with Crippen LogP contribution in [0.1, 0.15) is 0 Å². The molecule has 0 atom stereocenters. The van der Waals surface area contributed by atoms with Crippen molar-refractivity contribution in [3.05, 3.63) is 0 Å². The Morgan fingerprint density at radius 3 is 1.20 bits per heavy atom. The predicted molar refractivity (Wildman–Crippen MR) is 20.1 cm³/mol. The van der Waals surface area contributed by atoms with E-state index in [0.29, 0.717) is 0 Å². The molecule has 0 aromatic rings. The first-order valence-electron chi connectivity index (χ1n) is 0.535. The van der Waals surface area contributed by atoms with Gasteiger partial charge in [0.25, 0.3) is 0 Å². The minimum Gasteiger partial charge on any atom is -0.440 e. The van der Waals surface area contributed by atoms with Crippen LogP contribution in [0.4, 0.5) is 5.91 Å². The van der Waals surface area contributed by atoms with Crippen LogP contribution in [0.2, 0.25) is 0 Å². The third-order valence-corrected chi connectivity index (χ3v) is 0. The second kappa shape index (κ2) is 18.3. The van der Waals surface area contributed by atoms with Crippen molar-refractivity contribution in [2.75, 3.05) is 0 Å². The summed E-state index contributed by atoms with van der Waals surface area (Å²) < 4.78 is 19.5. The van der Waals surface area contributed by atoms with Crippen molar-refractivity contribution >= 4 is 44.5 Å². The van der Waals surface area contributed by atoms with Gasteiger partial charge < -0.3 is 11.4 Å². The second-order valence-electron chi connectivity index (χ2n) is 0.101. The zero-order chi connectivity index (χ0) is 2.71. The average molecular weight is 107 g/mol. The molecular formula is H4F2Mg2O. The van der Waals surface area contributed by atoms with Crippen LogP contribution in [0, 0.1) is 0 Å². The maximum Gasteiger partial charge on any atom is 0.879 e. The molecule has 0 rings (SSSR count). The molecule has 0 fully saturated rings. The summed E-state index contributed by atoms with van der Waals surface area (Å²) in [5, 5.41) is 0. The van der Waals surface area contributed by atoms with Gasteiger partial charge in [0.2, 0.25) is 0 Å². The lowest BCUT2D eigenvalue weighted by Gasteiger charge is -1.34. The highest BCUT2D eigenvalue weighted by molar-refractivity contribution is 6.15. The summed E-state index contributed by atoms with van der Waals surface area (Å²) in [6, 6.07) is 0. The highest BCUT2D eigenvalue weighted by Gasteiger charge is 1.78.